The predicted molar refractivity (Wildman–Crippen MR) is 119 cm³/mol. The van der Waals surface area contributed by atoms with Crippen LogP contribution in [0.2, 0.25) is 0 Å². The van der Waals surface area contributed by atoms with E-state index in [1.807, 2.05) is 0 Å². The van der Waals surface area contributed by atoms with Gasteiger partial charge in [0.25, 0.3) is 0 Å². The first-order chi connectivity index (χ1) is 15.0. The van der Waals surface area contributed by atoms with Gasteiger partial charge in [0.05, 0.1) is 7.11 Å². The molecule has 0 saturated heterocycles. The smallest absolute Gasteiger partial charge is 0.471 e. The van der Waals surface area contributed by atoms with Crippen LogP contribution in [-0.4, -0.2) is 47.6 Å². The number of unbranched alkanes of at least 4 members (excludes halogenated alkanes) is 2. The van der Waals surface area contributed by atoms with Crippen LogP contribution in [0.3, 0.4) is 0 Å². The van der Waals surface area contributed by atoms with Crippen molar-refractivity contribution in [3.05, 3.63) is 35.9 Å². The molecule has 11 heteroatoms. The predicted octanol–water partition coefficient (Wildman–Crippen LogP) is 3.58. The third kappa shape index (κ3) is 11.9. The standard InChI is InChI=1S/C21H33N2O8P/c1-16(2)9-7-5-6-8-10-20(24)22-14-17-11-12-18(19(13-17)29-4)31-21(25)23(3)15-30-32(26,27)28/h7,9,11-13,16H,5-6,8,10,14-15H2,1-4H3,(H,22,24)(H2,26,27,28)/b9-7+. The molecule has 1 aromatic carbocycles. The Labute approximate surface area is 188 Å². The maximum Gasteiger partial charge on any atom is 0.471 e. The summed E-state index contributed by atoms with van der Waals surface area (Å²) in [6.45, 7) is 3.90. The fraction of sp³-hybridized carbons (Fsp3) is 0.524. The van der Waals surface area contributed by atoms with E-state index in [9.17, 15) is 14.2 Å². The number of hydrogen-bond acceptors (Lipinski definition) is 6. The van der Waals surface area contributed by atoms with Gasteiger partial charge in [-0.25, -0.2) is 9.36 Å². The van der Waals surface area contributed by atoms with Gasteiger partial charge < -0.3 is 24.6 Å². The monoisotopic (exact) mass is 472 g/mol. The lowest BCUT2D eigenvalue weighted by atomic mass is 10.1. The van der Waals surface area contributed by atoms with Gasteiger partial charge in [-0.05, 0) is 42.9 Å². The van der Waals surface area contributed by atoms with E-state index in [0.717, 1.165) is 29.7 Å². The maximum absolute atomic E-state index is 12.1. The van der Waals surface area contributed by atoms with E-state index in [2.05, 4.69) is 35.8 Å². The summed E-state index contributed by atoms with van der Waals surface area (Å²) in [5.41, 5.74) is 0.757. The Bertz CT molecular complexity index is 822. The van der Waals surface area contributed by atoms with Gasteiger partial charge in [-0.15, -0.1) is 0 Å². The lowest BCUT2D eigenvalue weighted by Crippen LogP contribution is -2.31. The quantitative estimate of drug-likeness (QED) is 0.172. The van der Waals surface area contributed by atoms with Crippen molar-refractivity contribution in [2.45, 2.75) is 46.1 Å². The van der Waals surface area contributed by atoms with E-state index in [1.165, 1.54) is 20.2 Å². The average Bonchev–Trinajstić information content (AvgIpc) is 2.72. The number of carbonyl (C=O) groups is 2. The largest absolute Gasteiger partial charge is 0.493 e. The first kappa shape index (κ1) is 27.6. The van der Waals surface area contributed by atoms with Crippen LogP contribution in [0.25, 0.3) is 0 Å². The van der Waals surface area contributed by atoms with Crippen LogP contribution in [0.4, 0.5) is 4.79 Å². The normalized spacial score (nSPS) is 11.6. The SMILES string of the molecule is COc1cc(CNC(=O)CCCC/C=C/C(C)C)ccc1OC(=O)N(C)COP(=O)(O)O. The second kappa shape index (κ2) is 13.9. The summed E-state index contributed by atoms with van der Waals surface area (Å²) in [5.74, 6) is 0.878. The molecule has 1 rings (SSSR count). The van der Waals surface area contributed by atoms with Gasteiger partial charge in [-0.2, -0.15) is 0 Å². The summed E-state index contributed by atoms with van der Waals surface area (Å²) >= 11 is 0. The van der Waals surface area contributed by atoms with Crippen LogP contribution in [0.5, 0.6) is 11.5 Å². The molecule has 0 aromatic heterocycles. The molecule has 3 N–H and O–H groups in total. The van der Waals surface area contributed by atoms with E-state index in [1.54, 1.807) is 12.1 Å². The van der Waals surface area contributed by atoms with Crippen LogP contribution in [0.15, 0.2) is 30.4 Å². The minimum absolute atomic E-state index is 0.0426. The van der Waals surface area contributed by atoms with Crippen molar-refractivity contribution in [1.82, 2.24) is 10.2 Å². The molecule has 0 aliphatic rings. The molecule has 0 spiro atoms. The van der Waals surface area contributed by atoms with Crippen molar-refractivity contribution in [2.24, 2.45) is 5.92 Å². The highest BCUT2D eigenvalue weighted by Gasteiger charge is 2.20. The van der Waals surface area contributed by atoms with Gasteiger partial charge in [0.15, 0.2) is 11.5 Å². The zero-order chi connectivity index (χ0) is 24.1. The first-order valence-electron chi connectivity index (χ1n) is 10.2. The molecule has 1 aromatic rings. The van der Waals surface area contributed by atoms with Crippen LogP contribution < -0.4 is 14.8 Å². The number of ether oxygens (including phenoxy) is 2. The second-order valence-corrected chi connectivity index (χ2v) is 8.73. The zero-order valence-corrected chi connectivity index (χ0v) is 19.8. The number of amides is 2. The lowest BCUT2D eigenvalue weighted by molar-refractivity contribution is -0.121. The Balaban J connectivity index is 2.50. The molecule has 0 unspecified atom stereocenters. The van der Waals surface area contributed by atoms with Gasteiger partial charge >= 0.3 is 13.9 Å². The number of methoxy groups -OCH3 is 1. The first-order valence-corrected chi connectivity index (χ1v) is 11.8. The molecular formula is C21H33N2O8P. The maximum atomic E-state index is 12.1. The van der Waals surface area contributed by atoms with Gasteiger partial charge in [-0.3, -0.25) is 14.2 Å². The fourth-order valence-corrected chi connectivity index (χ4v) is 2.82. The van der Waals surface area contributed by atoms with Gasteiger partial charge in [0.2, 0.25) is 5.91 Å². The summed E-state index contributed by atoms with van der Waals surface area (Å²) in [4.78, 5) is 42.3. The lowest BCUT2D eigenvalue weighted by Gasteiger charge is -2.18. The van der Waals surface area contributed by atoms with Crippen molar-refractivity contribution < 1.29 is 37.9 Å². The minimum Gasteiger partial charge on any atom is -0.493 e. The molecule has 0 atom stereocenters. The van der Waals surface area contributed by atoms with E-state index >= 15 is 0 Å². The molecular weight excluding hydrogens is 439 g/mol. The zero-order valence-electron chi connectivity index (χ0n) is 18.9. The van der Waals surface area contributed by atoms with Crippen LogP contribution >= 0.6 is 7.82 Å². The summed E-state index contributed by atoms with van der Waals surface area (Å²) < 4.78 is 25.4. The molecule has 0 heterocycles. The fourth-order valence-electron chi connectivity index (χ4n) is 2.50. The summed E-state index contributed by atoms with van der Waals surface area (Å²) in [6.07, 6.45) is 6.59. The van der Waals surface area contributed by atoms with Crippen LogP contribution in [0.1, 0.15) is 45.1 Å². The second-order valence-electron chi connectivity index (χ2n) is 7.49. The number of nitrogens with one attached hydrogen (secondary N) is 1. The highest BCUT2D eigenvalue weighted by molar-refractivity contribution is 7.46. The Morgan fingerprint density at radius 1 is 1.22 bits per heavy atom. The number of phosphoric ester groups is 1. The molecule has 180 valence electrons. The minimum atomic E-state index is -4.71. The van der Waals surface area contributed by atoms with Crippen LogP contribution in [-0.2, 0) is 20.4 Å². The molecule has 10 nitrogen and oxygen atoms in total. The molecule has 0 aliphatic carbocycles. The average molecular weight is 472 g/mol. The molecule has 0 saturated carbocycles. The highest BCUT2D eigenvalue weighted by atomic mass is 31.2. The molecule has 0 aliphatic heterocycles. The Morgan fingerprint density at radius 2 is 1.94 bits per heavy atom. The summed E-state index contributed by atoms with van der Waals surface area (Å²) in [7, 11) is -2.04. The number of carbonyl (C=O) groups excluding carboxylic acids is 2. The number of hydrogen-bond donors (Lipinski definition) is 3. The highest BCUT2D eigenvalue weighted by Crippen LogP contribution is 2.35. The Hall–Kier alpha value is -2.39. The molecule has 2 amide bonds. The number of benzene rings is 1. The number of nitrogens with zero attached hydrogens (tertiary/aromatic N) is 1. The molecule has 0 fully saturated rings. The topological polar surface area (TPSA) is 135 Å². The van der Waals surface area contributed by atoms with Gasteiger partial charge in [-0.1, -0.05) is 32.1 Å². The van der Waals surface area contributed by atoms with E-state index in [-0.39, 0.29) is 17.4 Å². The number of phosphoric acid groups is 1. The molecule has 32 heavy (non-hydrogen) atoms. The van der Waals surface area contributed by atoms with Crippen molar-refractivity contribution >= 4 is 19.8 Å². The third-order valence-corrected chi connectivity index (χ3v) is 4.64. The summed E-state index contributed by atoms with van der Waals surface area (Å²) in [6, 6.07) is 4.82. The number of rotatable bonds is 13. The van der Waals surface area contributed by atoms with Crippen molar-refractivity contribution in [1.29, 1.82) is 0 Å². The van der Waals surface area contributed by atoms with E-state index < -0.39 is 20.6 Å². The van der Waals surface area contributed by atoms with E-state index in [0.29, 0.717) is 18.9 Å². The van der Waals surface area contributed by atoms with Crippen molar-refractivity contribution in [3.8, 4) is 11.5 Å². The van der Waals surface area contributed by atoms with Crippen molar-refractivity contribution in [3.63, 3.8) is 0 Å². The van der Waals surface area contributed by atoms with E-state index in [4.69, 9.17) is 19.3 Å². The number of allylic oxidation sites excluding steroid dienone is 2. The summed E-state index contributed by atoms with van der Waals surface area (Å²) in [5, 5.41) is 2.85. The van der Waals surface area contributed by atoms with Crippen LogP contribution in [0, 0.1) is 5.92 Å². The Kier molecular flexibility index (Phi) is 12.0. The van der Waals surface area contributed by atoms with Gasteiger partial charge in [0.1, 0.15) is 6.73 Å². The van der Waals surface area contributed by atoms with Crippen molar-refractivity contribution in [2.75, 3.05) is 20.9 Å². The molecule has 0 radical (unpaired) electrons. The van der Waals surface area contributed by atoms with Gasteiger partial charge in [0, 0.05) is 20.0 Å². The third-order valence-electron chi connectivity index (χ3n) is 4.19. The Morgan fingerprint density at radius 3 is 2.56 bits per heavy atom. The molecule has 0 bridgehead atoms.